The summed E-state index contributed by atoms with van der Waals surface area (Å²) < 4.78 is 5.97. The van der Waals surface area contributed by atoms with Crippen LogP contribution in [0, 0.1) is 0 Å². The van der Waals surface area contributed by atoms with Crippen LogP contribution in [-0.2, 0) is 27.4 Å². The molecule has 2 N–H and O–H groups in total. The van der Waals surface area contributed by atoms with E-state index in [0.717, 1.165) is 11.1 Å². The van der Waals surface area contributed by atoms with E-state index in [0.29, 0.717) is 24.0 Å². The van der Waals surface area contributed by atoms with Crippen molar-refractivity contribution in [1.29, 1.82) is 0 Å². The second kappa shape index (κ2) is 10.6. The van der Waals surface area contributed by atoms with Crippen LogP contribution >= 0.6 is 15.9 Å². The van der Waals surface area contributed by atoms with Gasteiger partial charge in [0.2, 0.25) is 5.91 Å². The average Bonchev–Trinajstić information content (AvgIpc) is 3.17. The molecule has 7 nitrogen and oxygen atoms in total. The Labute approximate surface area is 177 Å². The summed E-state index contributed by atoms with van der Waals surface area (Å²) in [4.78, 5) is 30.2. The molecule has 0 fully saturated rings. The average molecular weight is 460 g/mol. The minimum atomic E-state index is -0.772. The first-order valence-corrected chi connectivity index (χ1v) is 10.1. The lowest BCUT2D eigenvalue weighted by Gasteiger charge is -2.19. The van der Waals surface area contributed by atoms with E-state index >= 15 is 0 Å². The van der Waals surface area contributed by atoms with Crippen LogP contribution in [-0.4, -0.2) is 35.3 Å². The lowest BCUT2D eigenvalue weighted by atomic mass is 10.1. The highest BCUT2D eigenvalue weighted by Gasteiger charge is 2.25. The number of nitrogens with one attached hydrogen (secondary N) is 2. The topological polar surface area (TPSA) is 89.0 Å². The highest BCUT2D eigenvalue weighted by atomic mass is 79.9. The molecule has 1 aliphatic heterocycles. The zero-order chi connectivity index (χ0) is 20.5. The van der Waals surface area contributed by atoms with Gasteiger partial charge in [0.25, 0.3) is 0 Å². The molecule has 2 aromatic rings. The SMILES string of the molecule is O=C(N[C@H](Cc1ccccc1)C(=O)NCC1CC(Br)=NO1)OCc1ccccc1. The molecule has 2 amide bonds. The van der Waals surface area contributed by atoms with E-state index in [1.165, 1.54) is 0 Å². The number of amides is 2. The number of hydrogen-bond donors (Lipinski definition) is 2. The molecule has 0 saturated heterocycles. The van der Waals surface area contributed by atoms with Crippen molar-refractivity contribution in [3.05, 3.63) is 71.8 Å². The van der Waals surface area contributed by atoms with Crippen LogP contribution in [0.15, 0.2) is 65.8 Å². The molecule has 0 aliphatic carbocycles. The van der Waals surface area contributed by atoms with E-state index < -0.39 is 12.1 Å². The summed E-state index contributed by atoms with van der Waals surface area (Å²) in [6, 6.07) is 18.1. The molecule has 1 aliphatic rings. The maximum atomic E-state index is 12.7. The zero-order valence-electron chi connectivity index (χ0n) is 15.7. The number of hydrogen-bond acceptors (Lipinski definition) is 5. The third-order valence-electron chi connectivity index (χ3n) is 4.30. The maximum absolute atomic E-state index is 12.7. The monoisotopic (exact) mass is 459 g/mol. The van der Waals surface area contributed by atoms with Crippen molar-refractivity contribution in [1.82, 2.24) is 10.6 Å². The number of oxime groups is 1. The minimum absolute atomic E-state index is 0.133. The molecule has 1 unspecified atom stereocenters. The van der Waals surface area contributed by atoms with Gasteiger partial charge < -0.3 is 20.2 Å². The van der Waals surface area contributed by atoms with Crippen molar-refractivity contribution in [2.45, 2.75) is 31.6 Å². The van der Waals surface area contributed by atoms with Crippen LogP contribution in [0.3, 0.4) is 0 Å². The highest BCUT2D eigenvalue weighted by Crippen LogP contribution is 2.13. The summed E-state index contributed by atoms with van der Waals surface area (Å²) >= 11 is 3.27. The van der Waals surface area contributed by atoms with Crippen molar-refractivity contribution in [2.75, 3.05) is 6.54 Å². The van der Waals surface area contributed by atoms with Gasteiger partial charge in [-0.25, -0.2) is 4.79 Å². The molecule has 3 rings (SSSR count). The fourth-order valence-electron chi connectivity index (χ4n) is 2.81. The molecule has 29 heavy (non-hydrogen) atoms. The van der Waals surface area contributed by atoms with E-state index in [9.17, 15) is 9.59 Å². The fraction of sp³-hybridized carbons (Fsp3) is 0.286. The number of carbonyl (C=O) groups is 2. The van der Waals surface area contributed by atoms with E-state index in [1.54, 1.807) is 0 Å². The number of ether oxygens (including phenoxy) is 1. The molecular formula is C21H22BrN3O4. The van der Waals surface area contributed by atoms with Crippen molar-refractivity contribution >= 4 is 32.6 Å². The Kier molecular flexibility index (Phi) is 7.63. The number of rotatable bonds is 8. The van der Waals surface area contributed by atoms with Crippen molar-refractivity contribution in [3.63, 3.8) is 0 Å². The quantitative estimate of drug-likeness (QED) is 0.634. The van der Waals surface area contributed by atoms with Gasteiger partial charge in [-0.2, -0.15) is 0 Å². The first kappa shape index (κ1) is 20.9. The number of halogens is 1. The van der Waals surface area contributed by atoms with Gasteiger partial charge in [0.05, 0.1) is 6.54 Å². The van der Waals surface area contributed by atoms with Crippen molar-refractivity contribution < 1.29 is 19.2 Å². The molecule has 0 aromatic heterocycles. The highest BCUT2D eigenvalue weighted by molar-refractivity contribution is 9.18. The first-order chi connectivity index (χ1) is 14.1. The lowest BCUT2D eigenvalue weighted by molar-refractivity contribution is -0.123. The molecule has 1 heterocycles. The van der Waals surface area contributed by atoms with Crippen LogP contribution in [0.2, 0.25) is 0 Å². The van der Waals surface area contributed by atoms with Gasteiger partial charge in [-0.05, 0) is 27.1 Å². The van der Waals surface area contributed by atoms with E-state index in [-0.39, 0.29) is 18.6 Å². The van der Waals surface area contributed by atoms with Crippen LogP contribution < -0.4 is 10.6 Å². The van der Waals surface area contributed by atoms with E-state index in [1.807, 2.05) is 60.7 Å². The number of benzene rings is 2. The van der Waals surface area contributed by atoms with Crippen molar-refractivity contribution in [2.24, 2.45) is 5.16 Å². The molecule has 0 radical (unpaired) electrons. The van der Waals surface area contributed by atoms with Crippen molar-refractivity contribution in [3.8, 4) is 0 Å². The summed E-state index contributed by atoms with van der Waals surface area (Å²) in [6.07, 6.45) is 0.0681. The minimum Gasteiger partial charge on any atom is -0.445 e. The Morgan fingerprint density at radius 3 is 2.38 bits per heavy atom. The normalized spacial score (nSPS) is 16.3. The number of nitrogens with zero attached hydrogens (tertiary/aromatic N) is 1. The third-order valence-corrected chi connectivity index (χ3v) is 4.77. The molecule has 2 atom stereocenters. The summed E-state index contributed by atoms with van der Waals surface area (Å²) in [5, 5.41) is 9.29. The Hall–Kier alpha value is -2.87. The van der Waals surface area contributed by atoms with Gasteiger partial charge in [0.1, 0.15) is 17.3 Å². The van der Waals surface area contributed by atoms with E-state index in [4.69, 9.17) is 9.57 Å². The number of alkyl carbamates (subject to hydrolysis) is 1. The molecule has 0 spiro atoms. The predicted octanol–water partition coefficient (Wildman–Crippen LogP) is 3.14. The summed E-state index contributed by atoms with van der Waals surface area (Å²) in [6.45, 7) is 0.428. The van der Waals surface area contributed by atoms with E-state index in [2.05, 4.69) is 31.7 Å². The third kappa shape index (κ3) is 6.90. The van der Waals surface area contributed by atoms with Gasteiger partial charge in [-0.15, -0.1) is 0 Å². The molecule has 8 heteroatoms. The Balaban J connectivity index is 1.56. The van der Waals surface area contributed by atoms with Gasteiger partial charge in [-0.1, -0.05) is 65.8 Å². The predicted molar refractivity (Wildman–Crippen MR) is 113 cm³/mol. The zero-order valence-corrected chi connectivity index (χ0v) is 17.3. The molecular weight excluding hydrogens is 438 g/mol. The maximum Gasteiger partial charge on any atom is 0.408 e. The second-order valence-corrected chi connectivity index (χ2v) is 7.51. The lowest BCUT2D eigenvalue weighted by Crippen LogP contribution is -2.49. The summed E-state index contributed by atoms with van der Waals surface area (Å²) in [7, 11) is 0. The molecule has 0 bridgehead atoms. The van der Waals surface area contributed by atoms with Gasteiger partial charge in [0.15, 0.2) is 6.10 Å². The Morgan fingerprint density at radius 2 is 1.76 bits per heavy atom. The molecule has 0 saturated carbocycles. The van der Waals surface area contributed by atoms with Gasteiger partial charge in [-0.3, -0.25) is 4.79 Å². The smallest absolute Gasteiger partial charge is 0.408 e. The van der Waals surface area contributed by atoms with Crippen LogP contribution in [0.4, 0.5) is 4.79 Å². The fourth-order valence-corrected chi connectivity index (χ4v) is 3.25. The standard InChI is InChI=1S/C21H22BrN3O4/c22-19-12-17(29-25-19)13-23-20(26)18(11-15-7-3-1-4-8-15)24-21(27)28-14-16-9-5-2-6-10-16/h1-10,17-18H,11-14H2,(H,23,26)(H,24,27)/t17?,18-/m1/s1. The first-order valence-electron chi connectivity index (χ1n) is 9.27. The molecule has 2 aromatic carbocycles. The summed E-state index contributed by atoms with van der Waals surface area (Å²) in [5.74, 6) is -0.308. The summed E-state index contributed by atoms with van der Waals surface area (Å²) in [5.41, 5.74) is 1.80. The van der Waals surface area contributed by atoms with Gasteiger partial charge >= 0.3 is 6.09 Å². The van der Waals surface area contributed by atoms with Crippen LogP contribution in [0.1, 0.15) is 17.5 Å². The number of carbonyl (C=O) groups excluding carboxylic acids is 2. The van der Waals surface area contributed by atoms with Crippen LogP contribution in [0.25, 0.3) is 0 Å². The Bertz CT molecular complexity index is 846. The van der Waals surface area contributed by atoms with Gasteiger partial charge in [0, 0.05) is 12.8 Å². The Morgan fingerprint density at radius 1 is 1.10 bits per heavy atom. The molecule has 152 valence electrons. The second-order valence-electron chi connectivity index (χ2n) is 6.59. The van der Waals surface area contributed by atoms with Crippen LogP contribution in [0.5, 0.6) is 0 Å². The largest absolute Gasteiger partial charge is 0.445 e.